The largest absolute Gasteiger partial charge is 0.497 e. The van der Waals surface area contributed by atoms with Crippen molar-refractivity contribution < 1.29 is 32.2 Å². The van der Waals surface area contributed by atoms with Crippen molar-refractivity contribution >= 4 is 16.1 Å². The molecule has 0 unspecified atom stereocenters. The van der Waals surface area contributed by atoms with Crippen LogP contribution in [0.2, 0.25) is 0 Å². The molecule has 2 rings (SSSR count). The Morgan fingerprint density at radius 3 is 2.30 bits per heavy atom. The van der Waals surface area contributed by atoms with Crippen molar-refractivity contribution in [2.45, 2.75) is 17.4 Å². The van der Waals surface area contributed by atoms with Gasteiger partial charge < -0.3 is 24.3 Å². The predicted molar refractivity (Wildman–Crippen MR) is 78.7 cm³/mol. The monoisotopic (exact) mass is 346 g/mol. The van der Waals surface area contributed by atoms with Crippen molar-refractivity contribution in [3.05, 3.63) is 18.2 Å². The van der Waals surface area contributed by atoms with E-state index in [1.54, 1.807) is 0 Å². The quantitative estimate of drug-likeness (QED) is 0.793. The predicted octanol–water partition coefficient (Wildman–Crippen LogP) is 0.363. The molecule has 1 N–H and O–H groups in total. The van der Waals surface area contributed by atoms with E-state index in [1.165, 1.54) is 46.6 Å². The second-order valence-electron chi connectivity index (χ2n) is 4.55. The van der Waals surface area contributed by atoms with E-state index < -0.39 is 28.5 Å². The maximum absolute atomic E-state index is 12.9. The van der Waals surface area contributed by atoms with Crippen LogP contribution in [0.1, 0.15) is 0 Å². The van der Waals surface area contributed by atoms with Gasteiger partial charge in [0, 0.05) is 20.3 Å². The molecule has 1 aliphatic heterocycles. The van der Waals surface area contributed by atoms with Gasteiger partial charge in [0.15, 0.2) is 12.5 Å². The van der Waals surface area contributed by atoms with E-state index in [4.69, 9.17) is 18.9 Å². The SMILES string of the molecule is COc1ccc(S(=O)(=O)N2C(=O)N[C@H](OC)[C@H]2OC)c(OC)c1. The van der Waals surface area contributed by atoms with Crippen LogP contribution in [0.15, 0.2) is 23.1 Å². The Balaban J connectivity index is 2.51. The Labute approximate surface area is 134 Å². The van der Waals surface area contributed by atoms with Crippen LogP contribution < -0.4 is 14.8 Å². The van der Waals surface area contributed by atoms with Gasteiger partial charge in [-0.2, -0.15) is 4.31 Å². The van der Waals surface area contributed by atoms with Gasteiger partial charge >= 0.3 is 6.03 Å². The van der Waals surface area contributed by atoms with Crippen LogP contribution in [0.5, 0.6) is 11.5 Å². The summed E-state index contributed by atoms with van der Waals surface area (Å²) in [4.78, 5) is 11.9. The maximum Gasteiger partial charge on any atom is 0.335 e. The lowest BCUT2D eigenvalue weighted by molar-refractivity contribution is -0.0580. The van der Waals surface area contributed by atoms with Crippen molar-refractivity contribution in [1.82, 2.24) is 9.62 Å². The first-order valence-electron chi connectivity index (χ1n) is 6.53. The number of sulfonamides is 1. The van der Waals surface area contributed by atoms with Gasteiger partial charge in [0.25, 0.3) is 10.0 Å². The van der Waals surface area contributed by atoms with Gasteiger partial charge in [-0.3, -0.25) is 0 Å². The molecule has 9 nitrogen and oxygen atoms in total. The zero-order chi connectivity index (χ0) is 17.2. The first kappa shape index (κ1) is 17.3. The van der Waals surface area contributed by atoms with E-state index >= 15 is 0 Å². The van der Waals surface area contributed by atoms with E-state index in [0.29, 0.717) is 10.1 Å². The van der Waals surface area contributed by atoms with E-state index in [1.807, 2.05) is 0 Å². The number of nitrogens with one attached hydrogen (secondary N) is 1. The second kappa shape index (κ2) is 6.60. The normalized spacial score (nSPS) is 21.2. The molecule has 128 valence electrons. The third kappa shape index (κ3) is 2.92. The minimum Gasteiger partial charge on any atom is -0.497 e. The van der Waals surface area contributed by atoms with E-state index in [2.05, 4.69) is 5.32 Å². The third-order valence-electron chi connectivity index (χ3n) is 3.36. The van der Waals surface area contributed by atoms with Crippen molar-refractivity contribution in [2.24, 2.45) is 0 Å². The molecule has 1 fully saturated rings. The minimum atomic E-state index is -4.22. The molecule has 1 heterocycles. The standard InChI is InChI=1S/C13H18N2O7S/c1-19-8-5-6-10(9(7-8)20-2)23(17,18)15-12(22-4)11(21-3)14-13(15)16/h5-7,11-12H,1-4H3,(H,14,16)/t11-,12-/m1/s1. The molecule has 0 spiro atoms. The lowest BCUT2D eigenvalue weighted by Crippen LogP contribution is -2.42. The van der Waals surface area contributed by atoms with Crippen LogP contribution in [-0.2, 0) is 19.5 Å². The van der Waals surface area contributed by atoms with E-state index in [-0.39, 0.29) is 10.6 Å². The number of amides is 2. The number of rotatable bonds is 6. The summed E-state index contributed by atoms with van der Waals surface area (Å²) in [5.74, 6) is 0.470. The number of hydrogen-bond acceptors (Lipinski definition) is 7. The second-order valence-corrected chi connectivity index (χ2v) is 6.33. The summed E-state index contributed by atoms with van der Waals surface area (Å²) in [7, 11) is 1.16. The molecule has 0 aromatic heterocycles. The van der Waals surface area contributed by atoms with Gasteiger partial charge in [-0.05, 0) is 12.1 Å². The zero-order valence-corrected chi connectivity index (χ0v) is 13.9. The number of nitrogens with zero attached hydrogens (tertiary/aromatic N) is 1. The number of benzene rings is 1. The molecular formula is C13H18N2O7S. The fourth-order valence-corrected chi connectivity index (χ4v) is 3.82. The first-order valence-corrected chi connectivity index (χ1v) is 7.97. The summed E-state index contributed by atoms with van der Waals surface area (Å²) in [5, 5.41) is 2.39. The number of methoxy groups -OCH3 is 4. The average molecular weight is 346 g/mol. The molecule has 1 aromatic carbocycles. The molecule has 1 saturated heterocycles. The van der Waals surface area contributed by atoms with Crippen LogP contribution in [-0.4, -0.2) is 59.6 Å². The fraction of sp³-hybridized carbons (Fsp3) is 0.462. The Hall–Kier alpha value is -2.04. The Bertz CT molecular complexity index is 692. The summed E-state index contributed by atoms with van der Waals surface area (Å²) in [6, 6.07) is 3.32. The van der Waals surface area contributed by atoms with Gasteiger partial charge in [-0.25, -0.2) is 13.2 Å². The number of hydrogen-bond donors (Lipinski definition) is 1. The van der Waals surface area contributed by atoms with Crippen LogP contribution in [0.25, 0.3) is 0 Å². The number of ether oxygens (including phenoxy) is 4. The van der Waals surface area contributed by atoms with Crippen molar-refractivity contribution in [3.8, 4) is 11.5 Å². The molecule has 0 bridgehead atoms. The smallest absolute Gasteiger partial charge is 0.335 e. The highest BCUT2D eigenvalue weighted by Crippen LogP contribution is 2.33. The highest BCUT2D eigenvalue weighted by atomic mass is 32.2. The molecule has 2 atom stereocenters. The summed E-state index contributed by atoms with van der Waals surface area (Å²) in [6.45, 7) is 0. The number of urea groups is 1. The van der Waals surface area contributed by atoms with Crippen LogP contribution >= 0.6 is 0 Å². The minimum absolute atomic E-state index is 0.0490. The Kier molecular flexibility index (Phi) is 4.97. The average Bonchev–Trinajstić information content (AvgIpc) is 2.90. The van der Waals surface area contributed by atoms with Crippen molar-refractivity contribution in [3.63, 3.8) is 0 Å². The van der Waals surface area contributed by atoms with Gasteiger partial charge in [-0.15, -0.1) is 0 Å². The number of carbonyl (C=O) groups is 1. The van der Waals surface area contributed by atoms with Crippen LogP contribution in [0.4, 0.5) is 4.79 Å². The molecule has 23 heavy (non-hydrogen) atoms. The molecule has 2 amide bonds. The van der Waals surface area contributed by atoms with Gasteiger partial charge in [0.05, 0.1) is 14.2 Å². The number of carbonyl (C=O) groups excluding carboxylic acids is 1. The van der Waals surface area contributed by atoms with E-state index in [9.17, 15) is 13.2 Å². The third-order valence-corrected chi connectivity index (χ3v) is 5.14. The summed E-state index contributed by atoms with van der Waals surface area (Å²) in [5.41, 5.74) is 0. The van der Waals surface area contributed by atoms with Crippen molar-refractivity contribution in [2.75, 3.05) is 28.4 Å². The lowest BCUT2D eigenvalue weighted by atomic mass is 10.3. The first-order chi connectivity index (χ1) is 10.9. The highest BCUT2D eigenvalue weighted by Gasteiger charge is 2.48. The maximum atomic E-state index is 12.9. The van der Waals surface area contributed by atoms with Crippen LogP contribution in [0, 0.1) is 0 Å². The molecule has 10 heteroatoms. The Morgan fingerprint density at radius 1 is 1.09 bits per heavy atom. The zero-order valence-electron chi connectivity index (χ0n) is 13.1. The molecule has 0 saturated carbocycles. The van der Waals surface area contributed by atoms with Gasteiger partial charge in [0.2, 0.25) is 0 Å². The highest BCUT2D eigenvalue weighted by molar-refractivity contribution is 7.89. The molecule has 1 aliphatic rings. The fourth-order valence-electron chi connectivity index (χ4n) is 2.23. The lowest BCUT2D eigenvalue weighted by Gasteiger charge is -2.24. The summed E-state index contributed by atoms with van der Waals surface area (Å²) < 4.78 is 46.6. The molecular weight excluding hydrogens is 328 g/mol. The van der Waals surface area contributed by atoms with Crippen LogP contribution in [0.3, 0.4) is 0 Å². The van der Waals surface area contributed by atoms with Gasteiger partial charge in [0.1, 0.15) is 16.4 Å². The summed E-state index contributed by atoms with van der Waals surface area (Å²) in [6.07, 6.45) is -2.05. The van der Waals surface area contributed by atoms with Crippen molar-refractivity contribution in [1.29, 1.82) is 0 Å². The topological polar surface area (TPSA) is 103 Å². The van der Waals surface area contributed by atoms with Gasteiger partial charge in [-0.1, -0.05) is 0 Å². The Morgan fingerprint density at radius 2 is 1.78 bits per heavy atom. The summed E-state index contributed by atoms with van der Waals surface area (Å²) >= 11 is 0. The molecule has 0 radical (unpaired) electrons. The molecule has 1 aromatic rings. The van der Waals surface area contributed by atoms with E-state index in [0.717, 1.165) is 0 Å². The molecule has 0 aliphatic carbocycles.